The summed E-state index contributed by atoms with van der Waals surface area (Å²) in [6.07, 6.45) is -3.29. The molecule has 0 aliphatic heterocycles. The van der Waals surface area contributed by atoms with Crippen LogP contribution < -0.4 is 5.32 Å². The summed E-state index contributed by atoms with van der Waals surface area (Å²) < 4.78 is 39.7. The van der Waals surface area contributed by atoms with Gasteiger partial charge in [0.1, 0.15) is 5.69 Å². The Labute approximate surface area is 123 Å². The molecule has 114 valence electrons. The van der Waals surface area contributed by atoms with Gasteiger partial charge >= 0.3 is 6.18 Å². The van der Waals surface area contributed by atoms with Crippen LogP contribution in [0.15, 0.2) is 12.3 Å². The van der Waals surface area contributed by atoms with Gasteiger partial charge < -0.3 is 5.32 Å². The highest BCUT2D eigenvalue weighted by atomic mass is 35.5. The number of nitrogens with one attached hydrogen (secondary N) is 1. The van der Waals surface area contributed by atoms with Gasteiger partial charge in [-0.1, -0.05) is 18.5 Å². The Morgan fingerprint density at radius 1 is 1.43 bits per heavy atom. The van der Waals surface area contributed by atoms with E-state index in [1.165, 1.54) is 0 Å². The topological polar surface area (TPSA) is 46.4 Å². The Morgan fingerprint density at radius 2 is 2.10 bits per heavy atom. The number of imidazole rings is 1. The van der Waals surface area contributed by atoms with Crippen molar-refractivity contribution in [3.63, 3.8) is 0 Å². The fourth-order valence-electron chi connectivity index (χ4n) is 2.04. The minimum absolute atomic E-state index is 0.0855. The van der Waals surface area contributed by atoms with Crippen LogP contribution >= 0.6 is 11.6 Å². The van der Waals surface area contributed by atoms with Crippen LogP contribution in [0.25, 0.3) is 5.65 Å². The first-order chi connectivity index (χ1) is 9.79. The number of alkyl halides is 3. The van der Waals surface area contributed by atoms with Gasteiger partial charge in [-0.2, -0.15) is 13.2 Å². The van der Waals surface area contributed by atoms with Gasteiger partial charge in [0.2, 0.25) is 0 Å². The molecule has 0 spiro atoms. The molecule has 0 saturated heterocycles. The van der Waals surface area contributed by atoms with E-state index in [1.54, 1.807) is 13.8 Å². The second kappa shape index (κ2) is 5.55. The molecule has 0 bridgehead atoms. The molecule has 0 aliphatic rings. The number of nitrogens with zero attached hydrogens (tertiary/aromatic N) is 2. The van der Waals surface area contributed by atoms with E-state index < -0.39 is 17.6 Å². The highest BCUT2D eigenvalue weighted by molar-refractivity contribution is 6.33. The van der Waals surface area contributed by atoms with E-state index in [9.17, 15) is 18.0 Å². The summed E-state index contributed by atoms with van der Waals surface area (Å²) in [5.41, 5.74) is -0.294. The van der Waals surface area contributed by atoms with Crippen LogP contribution in [-0.4, -0.2) is 21.8 Å². The molecule has 8 heteroatoms. The monoisotopic (exact) mass is 319 g/mol. The molecule has 4 nitrogen and oxygen atoms in total. The highest BCUT2D eigenvalue weighted by Gasteiger charge is 2.33. The van der Waals surface area contributed by atoms with Gasteiger partial charge in [0.05, 0.1) is 16.3 Å². The second-order valence-electron chi connectivity index (χ2n) is 4.39. The first-order valence-electron chi connectivity index (χ1n) is 6.35. The van der Waals surface area contributed by atoms with Gasteiger partial charge in [0.25, 0.3) is 5.91 Å². The number of carbonyl (C=O) groups excluding carboxylic acids is 1. The molecule has 2 aromatic rings. The van der Waals surface area contributed by atoms with Gasteiger partial charge in [-0.25, -0.2) is 4.98 Å². The summed E-state index contributed by atoms with van der Waals surface area (Å²) in [6.45, 7) is 3.85. The lowest BCUT2D eigenvalue weighted by Crippen LogP contribution is -2.25. The van der Waals surface area contributed by atoms with Crippen molar-refractivity contribution < 1.29 is 18.0 Å². The van der Waals surface area contributed by atoms with Crippen molar-refractivity contribution >= 4 is 23.2 Å². The number of carbonyl (C=O) groups is 1. The molecule has 0 saturated carbocycles. The Balaban J connectivity index is 2.76. The lowest BCUT2D eigenvalue weighted by atomic mass is 10.2. The first-order valence-corrected chi connectivity index (χ1v) is 6.73. The summed E-state index contributed by atoms with van der Waals surface area (Å²) >= 11 is 5.88. The molecule has 0 atom stereocenters. The van der Waals surface area contributed by atoms with Crippen molar-refractivity contribution in [2.24, 2.45) is 0 Å². The molecule has 2 rings (SSSR count). The fourth-order valence-corrected chi connectivity index (χ4v) is 2.29. The van der Waals surface area contributed by atoms with E-state index in [4.69, 9.17) is 11.6 Å². The third-order valence-electron chi connectivity index (χ3n) is 2.96. The Bertz CT molecular complexity index is 694. The van der Waals surface area contributed by atoms with Gasteiger partial charge in [-0.15, -0.1) is 0 Å². The van der Waals surface area contributed by atoms with Crippen molar-refractivity contribution in [1.29, 1.82) is 0 Å². The molecule has 0 radical (unpaired) electrons. The SMILES string of the molecule is CCNC(=O)c1c(CC)nc2c(Cl)cc(C(F)(F)F)cn12. The zero-order valence-corrected chi connectivity index (χ0v) is 12.1. The van der Waals surface area contributed by atoms with Crippen LogP contribution in [0, 0.1) is 0 Å². The van der Waals surface area contributed by atoms with Gasteiger partial charge in [0.15, 0.2) is 5.65 Å². The molecular weight excluding hydrogens is 307 g/mol. The normalized spacial score (nSPS) is 11.9. The average Bonchev–Trinajstić information content (AvgIpc) is 2.77. The summed E-state index contributed by atoms with van der Waals surface area (Å²) in [5.74, 6) is -0.475. The molecule has 0 aromatic carbocycles. The van der Waals surface area contributed by atoms with Crippen LogP contribution in [0.3, 0.4) is 0 Å². The summed E-state index contributed by atoms with van der Waals surface area (Å²) in [7, 11) is 0. The number of pyridine rings is 1. The third kappa shape index (κ3) is 2.83. The maximum absolute atomic E-state index is 12.9. The predicted octanol–water partition coefficient (Wildman–Crippen LogP) is 3.32. The van der Waals surface area contributed by atoms with E-state index >= 15 is 0 Å². The lowest BCUT2D eigenvalue weighted by molar-refractivity contribution is -0.137. The van der Waals surface area contributed by atoms with Gasteiger partial charge in [0, 0.05) is 12.7 Å². The van der Waals surface area contributed by atoms with Crippen molar-refractivity contribution in [2.75, 3.05) is 6.54 Å². The zero-order chi connectivity index (χ0) is 15.8. The number of aromatic nitrogens is 2. The van der Waals surface area contributed by atoms with Gasteiger partial charge in [-0.05, 0) is 19.4 Å². The van der Waals surface area contributed by atoms with Crippen LogP contribution in [0.4, 0.5) is 13.2 Å². The number of hydrogen-bond acceptors (Lipinski definition) is 2. The third-order valence-corrected chi connectivity index (χ3v) is 3.24. The van der Waals surface area contributed by atoms with E-state index in [0.717, 1.165) is 16.7 Å². The molecule has 0 aliphatic carbocycles. The zero-order valence-electron chi connectivity index (χ0n) is 11.4. The maximum Gasteiger partial charge on any atom is 0.417 e. The van der Waals surface area contributed by atoms with E-state index in [1.807, 2.05) is 0 Å². The predicted molar refractivity (Wildman–Crippen MR) is 72.6 cm³/mol. The molecule has 1 N–H and O–H groups in total. The quantitative estimate of drug-likeness (QED) is 0.943. The first kappa shape index (κ1) is 15.6. The molecule has 0 unspecified atom stereocenters. The number of fused-ring (bicyclic) bond motifs is 1. The molecule has 2 heterocycles. The molecule has 21 heavy (non-hydrogen) atoms. The summed E-state index contributed by atoms with van der Waals surface area (Å²) in [6, 6.07) is 0.810. The van der Waals surface area contributed by atoms with E-state index in [-0.39, 0.29) is 16.4 Å². The van der Waals surface area contributed by atoms with Crippen LogP contribution in [0.2, 0.25) is 5.02 Å². The molecular formula is C13H13ClF3N3O. The number of rotatable bonds is 3. The Kier molecular flexibility index (Phi) is 4.13. The number of halogens is 4. The van der Waals surface area contributed by atoms with Crippen LogP contribution in [0.5, 0.6) is 0 Å². The summed E-state index contributed by atoms with van der Waals surface area (Å²) in [4.78, 5) is 16.2. The fraction of sp³-hybridized carbons (Fsp3) is 0.385. The van der Waals surface area contributed by atoms with Crippen molar-refractivity contribution in [3.8, 4) is 0 Å². The molecule has 2 aromatic heterocycles. The minimum Gasteiger partial charge on any atom is -0.351 e. The highest BCUT2D eigenvalue weighted by Crippen LogP contribution is 2.33. The summed E-state index contributed by atoms with van der Waals surface area (Å²) in [5, 5.41) is 2.42. The Morgan fingerprint density at radius 3 is 2.62 bits per heavy atom. The molecule has 1 amide bonds. The van der Waals surface area contributed by atoms with E-state index in [0.29, 0.717) is 18.7 Å². The number of aryl methyl sites for hydroxylation is 1. The van der Waals surface area contributed by atoms with Crippen LogP contribution in [-0.2, 0) is 12.6 Å². The largest absolute Gasteiger partial charge is 0.417 e. The van der Waals surface area contributed by atoms with Crippen molar-refractivity contribution in [1.82, 2.24) is 14.7 Å². The van der Waals surface area contributed by atoms with Crippen molar-refractivity contribution in [3.05, 3.63) is 34.2 Å². The second-order valence-corrected chi connectivity index (χ2v) is 4.80. The lowest BCUT2D eigenvalue weighted by Gasteiger charge is -2.10. The Hall–Kier alpha value is -1.76. The minimum atomic E-state index is -4.55. The standard InChI is InChI=1S/C13H13ClF3N3O/c1-3-9-10(12(21)18-4-2)20-6-7(13(15,16)17)5-8(14)11(20)19-9/h5-6H,3-4H2,1-2H3,(H,18,21). The van der Waals surface area contributed by atoms with E-state index in [2.05, 4.69) is 10.3 Å². The number of amides is 1. The van der Waals surface area contributed by atoms with Crippen LogP contribution in [0.1, 0.15) is 35.6 Å². The smallest absolute Gasteiger partial charge is 0.351 e. The molecule has 0 fully saturated rings. The van der Waals surface area contributed by atoms with Crippen molar-refractivity contribution in [2.45, 2.75) is 26.4 Å². The number of hydrogen-bond donors (Lipinski definition) is 1. The average molecular weight is 320 g/mol. The maximum atomic E-state index is 12.9. The van der Waals surface area contributed by atoms with Gasteiger partial charge in [-0.3, -0.25) is 9.20 Å².